The van der Waals surface area contributed by atoms with Gasteiger partial charge in [-0.1, -0.05) is 6.42 Å². The van der Waals surface area contributed by atoms with Crippen molar-refractivity contribution in [3.05, 3.63) is 0 Å². The molecule has 0 aromatic rings. The van der Waals surface area contributed by atoms with E-state index in [-0.39, 0.29) is 0 Å². The fourth-order valence-corrected chi connectivity index (χ4v) is 3.96. The van der Waals surface area contributed by atoms with Gasteiger partial charge in [0.05, 0.1) is 13.2 Å². The van der Waals surface area contributed by atoms with Crippen molar-refractivity contribution in [2.45, 2.75) is 38.6 Å². The molecule has 4 atom stereocenters. The van der Waals surface area contributed by atoms with E-state index in [1.54, 1.807) is 0 Å². The molecule has 3 nitrogen and oxygen atoms in total. The molecule has 1 amide bonds. The Kier molecular flexibility index (Phi) is 2.23. The number of fused-ring (bicyclic) bond motifs is 2. The molecule has 84 valence electrons. The van der Waals surface area contributed by atoms with Crippen molar-refractivity contribution in [3.63, 3.8) is 0 Å². The Balaban J connectivity index is 1.69. The highest BCUT2D eigenvalue weighted by Gasteiger charge is 2.44. The number of carbonyl (C=O) groups is 1. The van der Waals surface area contributed by atoms with Gasteiger partial charge in [0.15, 0.2) is 0 Å². The van der Waals surface area contributed by atoms with Gasteiger partial charge in [-0.05, 0) is 43.9 Å². The molecule has 4 unspecified atom stereocenters. The second-order valence-corrected chi connectivity index (χ2v) is 5.53. The minimum Gasteiger partial charge on any atom is -0.326 e. The van der Waals surface area contributed by atoms with Crippen molar-refractivity contribution >= 4 is 5.91 Å². The third-order valence-electron chi connectivity index (χ3n) is 4.78. The molecule has 3 rings (SSSR count). The molecule has 0 aromatic carbocycles. The van der Waals surface area contributed by atoms with E-state index in [0.717, 1.165) is 24.4 Å². The molecule has 1 N–H and O–H groups in total. The highest BCUT2D eigenvalue weighted by Crippen LogP contribution is 2.50. The molecule has 3 fully saturated rings. The fraction of sp³-hybridized carbons (Fsp3) is 0.917. The first-order chi connectivity index (χ1) is 7.25. The summed E-state index contributed by atoms with van der Waals surface area (Å²) < 4.78 is 0. The van der Waals surface area contributed by atoms with Gasteiger partial charge >= 0.3 is 0 Å². The van der Waals surface area contributed by atoms with Crippen LogP contribution in [-0.2, 0) is 4.79 Å². The molecule has 2 aliphatic carbocycles. The molecule has 0 radical (unpaired) electrons. The molecule has 1 heterocycles. The largest absolute Gasteiger partial charge is 0.326 e. The van der Waals surface area contributed by atoms with Gasteiger partial charge in [-0.25, -0.2) is 0 Å². The third-order valence-corrected chi connectivity index (χ3v) is 4.78. The zero-order chi connectivity index (χ0) is 10.4. The van der Waals surface area contributed by atoms with Gasteiger partial charge < -0.3 is 4.90 Å². The van der Waals surface area contributed by atoms with Gasteiger partial charge in [-0.3, -0.25) is 10.1 Å². The minimum atomic E-state index is 0.297. The molecule has 2 saturated carbocycles. The highest BCUT2D eigenvalue weighted by atomic mass is 16.2. The van der Waals surface area contributed by atoms with Gasteiger partial charge in [0, 0.05) is 6.04 Å². The lowest BCUT2D eigenvalue weighted by atomic mass is 9.83. The minimum absolute atomic E-state index is 0.297. The normalized spacial score (nSPS) is 41.5. The van der Waals surface area contributed by atoms with E-state index in [1.165, 1.54) is 25.7 Å². The number of nitrogens with one attached hydrogen (secondary N) is 1. The van der Waals surface area contributed by atoms with E-state index >= 15 is 0 Å². The maximum atomic E-state index is 11.6. The molecule has 3 heteroatoms. The summed E-state index contributed by atoms with van der Waals surface area (Å²) in [4.78, 5) is 13.7. The molecular formula is C12H20N2O. The zero-order valence-corrected chi connectivity index (χ0v) is 9.41. The van der Waals surface area contributed by atoms with E-state index in [2.05, 4.69) is 12.2 Å². The van der Waals surface area contributed by atoms with Crippen LogP contribution in [0.25, 0.3) is 0 Å². The maximum absolute atomic E-state index is 11.6. The van der Waals surface area contributed by atoms with Crippen LogP contribution in [0, 0.1) is 17.8 Å². The maximum Gasteiger partial charge on any atom is 0.237 e. The fourth-order valence-electron chi connectivity index (χ4n) is 3.96. The zero-order valence-electron chi connectivity index (χ0n) is 9.41. The Labute approximate surface area is 91.2 Å². The van der Waals surface area contributed by atoms with Crippen LogP contribution in [-0.4, -0.2) is 30.1 Å². The van der Waals surface area contributed by atoms with Crippen LogP contribution in [0.3, 0.4) is 0 Å². The van der Waals surface area contributed by atoms with Gasteiger partial charge in [-0.15, -0.1) is 0 Å². The Bertz CT molecular complexity index is 279. The van der Waals surface area contributed by atoms with E-state index in [0.29, 0.717) is 18.5 Å². The summed E-state index contributed by atoms with van der Waals surface area (Å²) in [6, 6.07) is 0.461. The average Bonchev–Trinajstić information content (AvgIpc) is 2.91. The first-order valence-corrected chi connectivity index (χ1v) is 6.26. The lowest BCUT2D eigenvalue weighted by Gasteiger charge is -2.34. The molecule has 0 spiro atoms. The van der Waals surface area contributed by atoms with Crippen LogP contribution in [0.4, 0.5) is 0 Å². The van der Waals surface area contributed by atoms with Gasteiger partial charge in [0.2, 0.25) is 5.91 Å². The molecule has 15 heavy (non-hydrogen) atoms. The molecular weight excluding hydrogens is 188 g/mol. The van der Waals surface area contributed by atoms with Gasteiger partial charge in [0.25, 0.3) is 0 Å². The molecule has 3 aliphatic rings. The first-order valence-electron chi connectivity index (χ1n) is 6.26. The molecule has 0 aromatic heterocycles. The van der Waals surface area contributed by atoms with Gasteiger partial charge in [-0.2, -0.15) is 0 Å². The van der Waals surface area contributed by atoms with Crippen molar-refractivity contribution in [1.29, 1.82) is 0 Å². The van der Waals surface area contributed by atoms with E-state index in [1.807, 2.05) is 4.90 Å². The number of rotatable bonds is 2. The SMILES string of the molecule is CC(C1CC2CCC1C2)N1CNCC1=O. The van der Waals surface area contributed by atoms with Crippen LogP contribution in [0.5, 0.6) is 0 Å². The summed E-state index contributed by atoms with van der Waals surface area (Å²) in [5, 5.41) is 3.15. The van der Waals surface area contributed by atoms with Crippen LogP contribution in [0.15, 0.2) is 0 Å². The standard InChI is InChI=1S/C12H20N2O/c1-8(14-7-13-6-12(14)15)11-5-9-2-3-10(11)4-9/h8-11,13H,2-7H2,1H3. The smallest absolute Gasteiger partial charge is 0.237 e. The summed E-state index contributed by atoms with van der Waals surface area (Å²) >= 11 is 0. The summed E-state index contributed by atoms with van der Waals surface area (Å²) in [5.74, 6) is 2.98. The van der Waals surface area contributed by atoms with Crippen molar-refractivity contribution < 1.29 is 4.79 Å². The predicted octanol–water partition coefficient (Wildman–Crippen LogP) is 1.20. The summed E-state index contributed by atoms with van der Waals surface area (Å²) in [6.45, 7) is 3.56. The van der Waals surface area contributed by atoms with E-state index in [4.69, 9.17) is 0 Å². The van der Waals surface area contributed by atoms with Crippen LogP contribution in [0.1, 0.15) is 32.6 Å². The Morgan fingerprint density at radius 3 is 2.80 bits per heavy atom. The van der Waals surface area contributed by atoms with Gasteiger partial charge in [0.1, 0.15) is 0 Å². The lowest BCUT2D eigenvalue weighted by Crippen LogP contribution is -2.42. The number of nitrogens with zero attached hydrogens (tertiary/aromatic N) is 1. The molecule has 2 bridgehead atoms. The predicted molar refractivity (Wildman–Crippen MR) is 58.1 cm³/mol. The molecule has 1 aliphatic heterocycles. The number of hydrogen-bond donors (Lipinski definition) is 1. The van der Waals surface area contributed by atoms with Crippen LogP contribution < -0.4 is 5.32 Å². The lowest BCUT2D eigenvalue weighted by molar-refractivity contribution is -0.129. The summed E-state index contributed by atoms with van der Waals surface area (Å²) in [6.07, 6.45) is 5.66. The Morgan fingerprint density at radius 2 is 2.27 bits per heavy atom. The quantitative estimate of drug-likeness (QED) is 0.739. The summed E-state index contributed by atoms with van der Waals surface area (Å²) in [5.41, 5.74) is 0. The van der Waals surface area contributed by atoms with Crippen molar-refractivity contribution in [2.24, 2.45) is 17.8 Å². The Hall–Kier alpha value is -0.570. The third kappa shape index (κ3) is 1.48. The van der Waals surface area contributed by atoms with Crippen molar-refractivity contribution in [3.8, 4) is 0 Å². The first kappa shape index (κ1) is 9.64. The second-order valence-electron chi connectivity index (χ2n) is 5.53. The Morgan fingerprint density at radius 1 is 1.40 bits per heavy atom. The van der Waals surface area contributed by atoms with Crippen LogP contribution >= 0.6 is 0 Å². The van der Waals surface area contributed by atoms with Crippen molar-refractivity contribution in [2.75, 3.05) is 13.2 Å². The number of hydrogen-bond acceptors (Lipinski definition) is 2. The van der Waals surface area contributed by atoms with E-state index in [9.17, 15) is 4.79 Å². The molecule has 1 saturated heterocycles. The highest BCUT2D eigenvalue weighted by molar-refractivity contribution is 5.80. The monoisotopic (exact) mass is 208 g/mol. The topological polar surface area (TPSA) is 32.3 Å². The number of amides is 1. The van der Waals surface area contributed by atoms with Crippen LogP contribution in [0.2, 0.25) is 0 Å². The summed E-state index contributed by atoms with van der Waals surface area (Å²) in [7, 11) is 0. The average molecular weight is 208 g/mol. The second kappa shape index (κ2) is 3.48. The van der Waals surface area contributed by atoms with E-state index < -0.39 is 0 Å². The number of carbonyl (C=O) groups excluding carboxylic acids is 1. The van der Waals surface area contributed by atoms with Crippen molar-refractivity contribution in [1.82, 2.24) is 10.2 Å².